The zero-order chi connectivity index (χ0) is 14.8. The van der Waals surface area contributed by atoms with Crippen LogP contribution in [0, 0.1) is 11.8 Å². The van der Waals surface area contributed by atoms with Crippen molar-refractivity contribution in [1.29, 1.82) is 0 Å². The smallest absolute Gasteiger partial charge is 0.249 e. The summed E-state index contributed by atoms with van der Waals surface area (Å²) in [5.41, 5.74) is 0.894. The van der Waals surface area contributed by atoms with E-state index in [9.17, 15) is 0 Å². The van der Waals surface area contributed by atoms with Crippen molar-refractivity contribution in [3.63, 3.8) is 0 Å². The average Bonchev–Trinajstić information content (AvgIpc) is 2.96. The number of pyridine rings is 1. The number of halogens is 1. The molecule has 0 N–H and O–H groups in total. The number of hydrogen-bond acceptors (Lipinski definition) is 4. The lowest BCUT2D eigenvalue weighted by Crippen LogP contribution is -2.55. The molecule has 0 aromatic carbocycles. The Bertz CT molecular complexity index is 700. The molecule has 0 saturated heterocycles. The van der Waals surface area contributed by atoms with Gasteiger partial charge in [0.1, 0.15) is 0 Å². The maximum Gasteiger partial charge on any atom is 0.249 e. The molecule has 2 aromatic rings. The molecule has 2 unspecified atom stereocenters. The Kier molecular flexibility index (Phi) is 2.56. The molecule has 4 bridgehead atoms. The maximum absolute atomic E-state index is 6.89. The number of nitrogens with zero attached hydrogens (tertiary/aromatic N) is 3. The van der Waals surface area contributed by atoms with Crippen LogP contribution in [0.25, 0.3) is 11.5 Å². The van der Waals surface area contributed by atoms with E-state index in [4.69, 9.17) is 16.0 Å². The first-order valence-electron chi connectivity index (χ1n) is 8.08. The summed E-state index contributed by atoms with van der Waals surface area (Å²) in [4.78, 5) is 4.09. The Morgan fingerprint density at radius 2 is 1.95 bits per heavy atom. The first-order chi connectivity index (χ1) is 10.6. The van der Waals surface area contributed by atoms with Gasteiger partial charge in [-0.25, -0.2) is 0 Å². The Balaban J connectivity index is 1.54. The molecule has 114 valence electrons. The van der Waals surface area contributed by atoms with Crippen molar-refractivity contribution in [3.8, 4) is 11.5 Å². The summed E-state index contributed by atoms with van der Waals surface area (Å²) in [6.07, 6.45) is 10.5. The van der Waals surface area contributed by atoms with Gasteiger partial charge in [0.2, 0.25) is 11.8 Å². The summed E-state index contributed by atoms with van der Waals surface area (Å²) in [7, 11) is 0. The van der Waals surface area contributed by atoms with Crippen LogP contribution >= 0.6 is 11.6 Å². The van der Waals surface area contributed by atoms with Gasteiger partial charge in [-0.3, -0.25) is 4.98 Å². The van der Waals surface area contributed by atoms with Gasteiger partial charge in [-0.1, -0.05) is 0 Å². The second kappa shape index (κ2) is 4.31. The highest BCUT2D eigenvalue weighted by molar-refractivity contribution is 6.24. The van der Waals surface area contributed by atoms with Crippen LogP contribution in [0.15, 0.2) is 28.9 Å². The number of alkyl halides is 1. The molecule has 0 amide bonds. The van der Waals surface area contributed by atoms with Gasteiger partial charge < -0.3 is 4.42 Å². The zero-order valence-corrected chi connectivity index (χ0v) is 13.1. The van der Waals surface area contributed by atoms with Gasteiger partial charge in [-0.15, -0.1) is 21.8 Å². The van der Waals surface area contributed by atoms with Gasteiger partial charge >= 0.3 is 0 Å². The maximum atomic E-state index is 6.89. The second-order valence-electron chi connectivity index (χ2n) is 7.55. The van der Waals surface area contributed by atoms with E-state index < -0.39 is 0 Å². The molecule has 4 aliphatic rings. The van der Waals surface area contributed by atoms with E-state index in [1.807, 2.05) is 12.1 Å². The lowest BCUT2D eigenvalue weighted by Gasteiger charge is -2.58. The van der Waals surface area contributed by atoms with Crippen LogP contribution in [-0.2, 0) is 5.41 Å². The molecule has 4 fully saturated rings. The Labute approximate surface area is 134 Å². The Morgan fingerprint density at radius 1 is 1.14 bits per heavy atom. The summed E-state index contributed by atoms with van der Waals surface area (Å²) in [5.74, 6) is 2.83. The van der Waals surface area contributed by atoms with E-state index >= 15 is 0 Å². The van der Waals surface area contributed by atoms with Crippen molar-refractivity contribution in [1.82, 2.24) is 15.2 Å². The van der Waals surface area contributed by atoms with E-state index in [0.29, 0.717) is 5.89 Å². The highest BCUT2D eigenvalue weighted by Gasteiger charge is 2.59. The van der Waals surface area contributed by atoms with E-state index in [1.54, 1.807) is 12.4 Å². The third kappa shape index (κ3) is 1.86. The molecule has 2 heterocycles. The fourth-order valence-electron chi connectivity index (χ4n) is 5.44. The molecule has 4 saturated carbocycles. The molecule has 2 atom stereocenters. The number of aromatic nitrogens is 3. The van der Waals surface area contributed by atoms with Crippen molar-refractivity contribution in [2.75, 3.05) is 0 Å². The third-order valence-electron chi connectivity index (χ3n) is 5.78. The number of hydrogen-bond donors (Lipinski definition) is 0. The SMILES string of the molecule is ClC12CC3CC(C1)CC(c1nnc(-c4cccnc4)o1)(C3)C2. The predicted molar refractivity (Wildman–Crippen MR) is 82.5 cm³/mol. The quantitative estimate of drug-likeness (QED) is 0.787. The van der Waals surface area contributed by atoms with Gasteiger partial charge in [-0.2, -0.15) is 0 Å². The lowest BCUT2D eigenvalue weighted by atomic mass is 9.49. The first kappa shape index (κ1) is 13.1. The van der Waals surface area contributed by atoms with Crippen LogP contribution in [0.5, 0.6) is 0 Å². The molecule has 5 heteroatoms. The minimum atomic E-state index is -0.0347. The summed E-state index contributed by atoms with van der Waals surface area (Å²) in [6.45, 7) is 0. The minimum absolute atomic E-state index is 0.0132. The van der Waals surface area contributed by atoms with Crippen molar-refractivity contribution in [2.24, 2.45) is 11.8 Å². The average molecular weight is 316 g/mol. The molecule has 0 spiro atoms. The fourth-order valence-corrected chi connectivity index (χ4v) is 6.14. The highest BCUT2D eigenvalue weighted by atomic mass is 35.5. The van der Waals surface area contributed by atoms with Crippen LogP contribution in [-0.4, -0.2) is 20.1 Å². The van der Waals surface area contributed by atoms with E-state index in [2.05, 4.69) is 15.2 Å². The van der Waals surface area contributed by atoms with Gasteiger partial charge in [0.05, 0.1) is 11.0 Å². The molecule has 0 aliphatic heterocycles. The molecule has 4 aliphatic carbocycles. The summed E-state index contributed by atoms with van der Waals surface area (Å²) < 4.78 is 6.08. The summed E-state index contributed by atoms with van der Waals surface area (Å²) in [5, 5.41) is 8.68. The summed E-state index contributed by atoms with van der Waals surface area (Å²) >= 11 is 6.89. The van der Waals surface area contributed by atoms with Crippen LogP contribution < -0.4 is 0 Å². The molecule has 22 heavy (non-hydrogen) atoms. The minimum Gasteiger partial charge on any atom is -0.420 e. The van der Waals surface area contributed by atoms with Crippen LogP contribution in [0.3, 0.4) is 0 Å². The number of rotatable bonds is 2. The van der Waals surface area contributed by atoms with Crippen molar-refractivity contribution in [3.05, 3.63) is 30.4 Å². The van der Waals surface area contributed by atoms with E-state index in [1.165, 1.54) is 6.42 Å². The molecule has 0 radical (unpaired) electrons. The van der Waals surface area contributed by atoms with Gasteiger partial charge in [0, 0.05) is 17.3 Å². The second-order valence-corrected chi connectivity index (χ2v) is 8.35. The van der Waals surface area contributed by atoms with Crippen LogP contribution in [0.1, 0.15) is 44.4 Å². The summed E-state index contributed by atoms with van der Waals surface area (Å²) in [6, 6.07) is 3.84. The molecule has 2 aromatic heterocycles. The van der Waals surface area contributed by atoms with Crippen molar-refractivity contribution < 1.29 is 4.42 Å². The fraction of sp³-hybridized carbons (Fsp3) is 0.588. The monoisotopic (exact) mass is 315 g/mol. The van der Waals surface area contributed by atoms with E-state index in [-0.39, 0.29) is 10.3 Å². The molecule has 4 nitrogen and oxygen atoms in total. The standard InChI is InChI=1S/C17H18ClN3O/c18-17-7-11-4-12(8-17)6-16(5-11,10-17)15-21-20-14(22-15)13-2-1-3-19-9-13/h1-3,9,11-12H,4-8,10H2. The topological polar surface area (TPSA) is 51.8 Å². The Hall–Kier alpha value is -1.42. The normalized spacial score (nSPS) is 39.3. The van der Waals surface area contributed by atoms with Crippen molar-refractivity contribution in [2.45, 2.75) is 48.8 Å². The zero-order valence-electron chi connectivity index (χ0n) is 12.3. The van der Waals surface area contributed by atoms with Gasteiger partial charge in [0.25, 0.3) is 0 Å². The molecular formula is C17H18ClN3O. The van der Waals surface area contributed by atoms with Gasteiger partial charge in [0.15, 0.2) is 0 Å². The lowest BCUT2D eigenvalue weighted by molar-refractivity contribution is -0.00423. The Morgan fingerprint density at radius 3 is 2.64 bits per heavy atom. The van der Waals surface area contributed by atoms with Crippen LogP contribution in [0.2, 0.25) is 0 Å². The first-order valence-corrected chi connectivity index (χ1v) is 8.45. The highest BCUT2D eigenvalue weighted by Crippen LogP contribution is 2.64. The largest absolute Gasteiger partial charge is 0.420 e. The third-order valence-corrected chi connectivity index (χ3v) is 6.22. The van der Waals surface area contributed by atoms with Crippen LogP contribution in [0.4, 0.5) is 0 Å². The van der Waals surface area contributed by atoms with Crippen molar-refractivity contribution >= 4 is 11.6 Å². The molecular weight excluding hydrogens is 298 g/mol. The van der Waals surface area contributed by atoms with E-state index in [0.717, 1.165) is 55.4 Å². The predicted octanol–water partition coefficient (Wildman–Crippen LogP) is 3.96. The van der Waals surface area contributed by atoms with Gasteiger partial charge in [-0.05, 0) is 62.5 Å². The molecule has 6 rings (SSSR count).